The third kappa shape index (κ3) is 7.65. The lowest BCUT2D eigenvalue weighted by Gasteiger charge is -2.20. The molecule has 174 valence electrons. The minimum atomic E-state index is -3.58. The summed E-state index contributed by atoms with van der Waals surface area (Å²) in [7, 11) is -3.58. The van der Waals surface area contributed by atoms with Crippen molar-refractivity contribution >= 4 is 27.6 Å². The summed E-state index contributed by atoms with van der Waals surface area (Å²) in [6.07, 6.45) is -0.705. The maximum atomic E-state index is 12.8. The van der Waals surface area contributed by atoms with E-state index in [0.717, 1.165) is 0 Å². The molecule has 0 aliphatic carbocycles. The number of anilines is 1. The van der Waals surface area contributed by atoms with E-state index < -0.39 is 32.8 Å². The highest BCUT2D eigenvalue weighted by molar-refractivity contribution is 7.92. The standard InChI is InChI=1S/C23H30N2O6S/c1-16(2)32(28,29)20-12-11-18(25-22(27)30-19-9-7-6-8-10-19)13-17(20)14-24-15-21(26)31-23(3,4)5/h6-13,16,24H,14-15H2,1-5H3,(H,25,27). The van der Waals surface area contributed by atoms with Crippen molar-refractivity contribution in [2.24, 2.45) is 0 Å². The average molecular weight is 463 g/mol. The number of nitrogens with one attached hydrogen (secondary N) is 2. The number of hydrogen-bond donors (Lipinski definition) is 2. The van der Waals surface area contributed by atoms with Gasteiger partial charge in [-0.15, -0.1) is 0 Å². The van der Waals surface area contributed by atoms with Crippen molar-refractivity contribution in [3.05, 3.63) is 54.1 Å². The van der Waals surface area contributed by atoms with E-state index in [9.17, 15) is 18.0 Å². The lowest BCUT2D eigenvalue weighted by atomic mass is 10.2. The van der Waals surface area contributed by atoms with Crippen molar-refractivity contribution in [1.82, 2.24) is 5.32 Å². The molecule has 0 saturated heterocycles. The summed E-state index contributed by atoms with van der Waals surface area (Å²) >= 11 is 0. The second kappa shape index (κ2) is 10.6. The summed E-state index contributed by atoms with van der Waals surface area (Å²) in [5.41, 5.74) is 0.163. The fraction of sp³-hybridized carbons (Fsp3) is 0.391. The third-order valence-electron chi connectivity index (χ3n) is 4.19. The van der Waals surface area contributed by atoms with Gasteiger partial charge in [-0.05, 0) is 70.5 Å². The molecule has 0 radical (unpaired) electrons. The molecule has 0 aromatic heterocycles. The van der Waals surface area contributed by atoms with Crippen LogP contribution in [0.4, 0.5) is 10.5 Å². The first-order valence-electron chi connectivity index (χ1n) is 10.2. The molecule has 2 aromatic rings. The van der Waals surface area contributed by atoms with Crippen LogP contribution >= 0.6 is 0 Å². The SMILES string of the molecule is CC(C)S(=O)(=O)c1ccc(NC(=O)Oc2ccccc2)cc1CNCC(=O)OC(C)(C)C. The smallest absolute Gasteiger partial charge is 0.417 e. The fourth-order valence-electron chi connectivity index (χ4n) is 2.74. The third-order valence-corrected chi connectivity index (χ3v) is 6.45. The molecular weight excluding hydrogens is 432 g/mol. The quantitative estimate of drug-likeness (QED) is 0.572. The normalized spacial score (nSPS) is 11.8. The molecule has 0 unspecified atom stereocenters. The van der Waals surface area contributed by atoms with Crippen LogP contribution in [-0.4, -0.2) is 37.9 Å². The van der Waals surface area contributed by atoms with Gasteiger partial charge in [-0.2, -0.15) is 0 Å². The lowest BCUT2D eigenvalue weighted by Crippen LogP contribution is -2.31. The predicted octanol–water partition coefficient (Wildman–Crippen LogP) is 3.91. The lowest BCUT2D eigenvalue weighted by molar-refractivity contribution is -0.153. The van der Waals surface area contributed by atoms with Gasteiger partial charge < -0.3 is 14.8 Å². The molecule has 2 aromatic carbocycles. The molecule has 0 aliphatic rings. The molecule has 8 nitrogen and oxygen atoms in total. The van der Waals surface area contributed by atoms with Gasteiger partial charge in [0.2, 0.25) is 0 Å². The first-order chi connectivity index (χ1) is 14.9. The molecule has 9 heteroatoms. The van der Waals surface area contributed by atoms with E-state index in [1.165, 1.54) is 12.1 Å². The van der Waals surface area contributed by atoms with E-state index in [1.807, 2.05) is 0 Å². The number of benzene rings is 2. The van der Waals surface area contributed by atoms with Crippen LogP contribution in [0.5, 0.6) is 5.75 Å². The van der Waals surface area contributed by atoms with E-state index in [1.54, 1.807) is 71.0 Å². The van der Waals surface area contributed by atoms with E-state index in [2.05, 4.69) is 10.6 Å². The van der Waals surface area contributed by atoms with E-state index in [0.29, 0.717) is 17.0 Å². The Morgan fingerprint density at radius 1 is 1.03 bits per heavy atom. The number of sulfone groups is 1. The molecule has 0 bridgehead atoms. The highest BCUT2D eigenvalue weighted by atomic mass is 32.2. The molecule has 1 amide bonds. The van der Waals surface area contributed by atoms with Gasteiger partial charge in [-0.25, -0.2) is 13.2 Å². The number of amides is 1. The average Bonchev–Trinajstić information content (AvgIpc) is 2.67. The minimum absolute atomic E-state index is 0.0871. The summed E-state index contributed by atoms with van der Waals surface area (Å²) in [6.45, 7) is 8.48. The Balaban J connectivity index is 2.18. The van der Waals surface area contributed by atoms with Crippen LogP contribution < -0.4 is 15.4 Å². The summed E-state index contributed by atoms with van der Waals surface area (Å²) in [5, 5.41) is 4.88. The van der Waals surface area contributed by atoms with Crippen molar-refractivity contribution in [3.63, 3.8) is 0 Å². The summed E-state index contributed by atoms with van der Waals surface area (Å²) in [5.74, 6) is -0.0743. The van der Waals surface area contributed by atoms with Crippen LogP contribution in [0.15, 0.2) is 53.4 Å². The second-order valence-electron chi connectivity index (χ2n) is 8.43. The van der Waals surface area contributed by atoms with Crippen molar-refractivity contribution in [2.75, 3.05) is 11.9 Å². The van der Waals surface area contributed by atoms with Crippen LogP contribution in [0.2, 0.25) is 0 Å². The van der Waals surface area contributed by atoms with Crippen LogP contribution in [-0.2, 0) is 25.9 Å². The van der Waals surface area contributed by atoms with Crippen LogP contribution in [0.25, 0.3) is 0 Å². The molecule has 2 N–H and O–H groups in total. The van der Waals surface area contributed by atoms with Crippen LogP contribution in [0.1, 0.15) is 40.2 Å². The zero-order chi connectivity index (χ0) is 23.9. The number of carbonyl (C=O) groups excluding carboxylic acids is 2. The van der Waals surface area contributed by atoms with Gasteiger partial charge in [-0.1, -0.05) is 18.2 Å². The fourth-order valence-corrected chi connectivity index (χ4v) is 4.00. The second-order valence-corrected chi connectivity index (χ2v) is 10.9. The van der Waals surface area contributed by atoms with Gasteiger partial charge in [0.15, 0.2) is 9.84 Å². The van der Waals surface area contributed by atoms with Gasteiger partial charge in [0.25, 0.3) is 0 Å². The number of hydrogen-bond acceptors (Lipinski definition) is 7. The molecule has 0 aliphatic heterocycles. The Bertz CT molecular complexity index is 1040. The Kier molecular flexibility index (Phi) is 8.40. The highest BCUT2D eigenvalue weighted by Crippen LogP contribution is 2.24. The molecule has 0 spiro atoms. The Morgan fingerprint density at radius 2 is 1.69 bits per heavy atom. The molecule has 0 fully saturated rings. The molecular formula is C23H30N2O6S. The van der Waals surface area contributed by atoms with Gasteiger partial charge >= 0.3 is 12.1 Å². The van der Waals surface area contributed by atoms with Gasteiger partial charge in [0.1, 0.15) is 11.4 Å². The maximum absolute atomic E-state index is 12.8. The predicted molar refractivity (Wildman–Crippen MR) is 122 cm³/mol. The largest absolute Gasteiger partial charge is 0.459 e. The van der Waals surface area contributed by atoms with Crippen LogP contribution in [0, 0.1) is 0 Å². The molecule has 0 atom stereocenters. The molecule has 0 saturated carbocycles. The van der Waals surface area contributed by atoms with Crippen molar-refractivity contribution in [1.29, 1.82) is 0 Å². The number of esters is 1. The highest BCUT2D eigenvalue weighted by Gasteiger charge is 2.23. The number of carbonyl (C=O) groups is 2. The van der Waals surface area contributed by atoms with E-state index >= 15 is 0 Å². The zero-order valence-corrected chi connectivity index (χ0v) is 19.8. The number of para-hydroxylation sites is 1. The first-order valence-corrected chi connectivity index (χ1v) is 11.8. The van der Waals surface area contributed by atoms with Crippen LogP contribution in [0.3, 0.4) is 0 Å². The summed E-state index contributed by atoms with van der Waals surface area (Å²) < 4.78 is 36.0. The van der Waals surface area contributed by atoms with Crippen molar-refractivity contribution < 1.29 is 27.5 Å². The Hall–Kier alpha value is -2.91. The first kappa shape index (κ1) is 25.4. The Morgan fingerprint density at radius 3 is 2.28 bits per heavy atom. The number of ether oxygens (including phenoxy) is 2. The van der Waals surface area contributed by atoms with E-state index in [-0.39, 0.29) is 18.0 Å². The zero-order valence-electron chi connectivity index (χ0n) is 19.0. The summed E-state index contributed by atoms with van der Waals surface area (Å²) in [4.78, 5) is 24.3. The van der Waals surface area contributed by atoms with Gasteiger partial charge in [0.05, 0.1) is 16.7 Å². The molecule has 0 heterocycles. The maximum Gasteiger partial charge on any atom is 0.417 e. The number of rotatable bonds is 8. The monoisotopic (exact) mass is 462 g/mol. The van der Waals surface area contributed by atoms with Crippen molar-refractivity contribution in [2.45, 2.75) is 56.9 Å². The van der Waals surface area contributed by atoms with Crippen molar-refractivity contribution in [3.8, 4) is 5.75 Å². The van der Waals surface area contributed by atoms with Gasteiger partial charge in [-0.3, -0.25) is 10.1 Å². The molecule has 32 heavy (non-hydrogen) atoms. The minimum Gasteiger partial charge on any atom is -0.459 e. The van der Waals surface area contributed by atoms with Gasteiger partial charge in [0, 0.05) is 12.2 Å². The molecule has 2 rings (SSSR count). The summed E-state index contributed by atoms with van der Waals surface area (Å²) in [6, 6.07) is 13.1. The Labute approximate surface area is 189 Å². The topological polar surface area (TPSA) is 111 Å². The van der Waals surface area contributed by atoms with E-state index in [4.69, 9.17) is 9.47 Å².